The van der Waals surface area contributed by atoms with E-state index in [9.17, 15) is 18.0 Å². The Bertz CT molecular complexity index is 1350. The lowest BCUT2D eigenvalue weighted by Crippen LogP contribution is -2.52. The number of sulfonamides is 1. The highest BCUT2D eigenvalue weighted by atomic mass is 32.2. The largest absolute Gasteiger partial charge is 0.495 e. The second kappa shape index (κ2) is 13.1. The molecule has 0 unspecified atom stereocenters. The van der Waals surface area contributed by atoms with Crippen LogP contribution in [0.2, 0.25) is 0 Å². The number of benzene rings is 3. The zero-order chi connectivity index (χ0) is 27.7. The molecule has 0 saturated heterocycles. The van der Waals surface area contributed by atoms with Crippen molar-refractivity contribution in [1.29, 1.82) is 0 Å². The van der Waals surface area contributed by atoms with Gasteiger partial charge in [0.2, 0.25) is 11.8 Å². The van der Waals surface area contributed by atoms with Crippen LogP contribution in [0.25, 0.3) is 0 Å². The van der Waals surface area contributed by atoms with Crippen molar-refractivity contribution in [2.75, 3.05) is 24.5 Å². The Morgan fingerprint density at radius 1 is 0.921 bits per heavy atom. The van der Waals surface area contributed by atoms with Gasteiger partial charge in [-0.05, 0) is 55.7 Å². The van der Waals surface area contributed by atoms with Gasteiger partial charge in [0.05, 0.1) is 17.7 Å². The molecule has 0 aromatic heterocycles. The van der Waals surface area contributed by atoms with Gasteiger partial charge in [-0.2, -0.15) is 0 Å². The van der Waals surface area contributed by atoms with E-state index in [2.05, 4.69) is 5.32 Å². The molecule has 0 radical (unpaired) electrons. The summed E-state index contributed by atoms with van der Waals surface area (Å²) in [6.45, 7) is 5.64. The Balaban J connectivity index is 2.10. The van der Waals surface area contributed by atoms with E-state index in [1.807, 2.05) is 45.0 Å². The maximum atomic E-state index is 14.0. The third-order valence-electron chi connectivity index (χ3n) is 6.30. The highest BCUT2D eigenvalue weighted by Crippen LogP contribution is 2.32. The quantitative estimate of drug-likeness (QED) is 0.375. The molecule has 202 valence electrons. The highest BCUT2D eigenvalue weighted by molar-refractivity contribution is 7.92. The first-order valence-electron chi connectivity index (χ1n) is 12.6. The molecular weight excluding hydrogens is 502 g/mol. The number of nitrogens with zero attached hydrogens (tertiary/aromatic N) is 2. The number of methoxy groups -OCH3 is 1. The summed E-state index contributed by atoms with van der Waals surface area (Å²) >= 11 is 0. The van der Waals surface area contributed by atoms with Crippen molar-refractivity contribution >= 4 is 27.5 Å². The lowest BCUT2D eigenvalue weighted by Gasteiger charge is -2.33. The monoisotopic (exact) mass is 537 g/mol. The molecule has 8 nitrogen and oxygen atoms in total. The maximum absolute atomic E-state index is 14.0. The number of carbonyl (C=O) groups is 2. The van der Waals surface area contributed by atoms with E-state index in [-0.39, 0.29) is 23.0 Å². The summed E-state index contributed by atoms with van der Waals surface area (Å²) in [5.41, 5.74) is 2.07. The van der Waals surface area contributed by atoms with Gasteiger partial charge in [0.15, 0.2) is 0 Å². The third kappa shape index (κ3) is 6.52. The van der Waals surface area contributed by atoms with Gasteiger partial charge in [-0.3, -0.25) is 13.9 Å². The molecule has 1 atom stereocenters. The maximum Gasteiger partial charge on any atom is 0.264 e. The van der Waals surface area contributed by atoms with Crippen LogP contribution < -0.4 is 14.4 Å². The molecule has 0 spiro atoms. The van der Waals surface area contributed by atoms with E-state index >= 15 is 0 Å². The minimum Gasteiger partial charge on any atom is -0.495 e. The molecule has 0 fully saturated rings. The van der Waals surface area contributed by atoms with Crippen LogP contribution in [0.15, 0.2) is 83.8 Å². The summed E-state index contributed by atoms with van der Waals surface area (Å²) in [4.78, 5) is 28.6. The molecule has 9 heteroatoms. The van der Waals surface area contributed by atoms with Gasteiger partial charge in [-0.25, -0.2) is 8.42 Å². The van der Waals surface area contributed by atoms with E-state index in [1.54, 1.807) is 42.5 Å². The molecule has 38 heavy (non-hydrogen) atoms. The minimum atomic E-state index is -4.15. The van der Waals surface area contributed by atoms with Crippen LogP contribution in [0.1, 0.15) is 31.4 Å². The molecule has 3 aromatic rings. The standard InChI is InChI=1S/C29H35N3O5S/c1-5-25(29(34)30-6-2)31(20-23-15-11-10-14-22(23)3)28(33)21-32(26-18-12-13-19-27(26)37-4)38(35,36)24-16-8-7-9-17-24/h7-19,25H,5-6,20-21H2,1-4H3,(H,30,34)/t25-/m0/s1. The smallest absolute Gasteiger partial charge is 0.264 e. The van der Waals surface area contributed by atoms with Crippen molar-refractivity contribution in [1.82, 2.24) is 10.2 Å². The number of rotatable bonds is 12. The van der Waals surface area contributed by atoms with Crippen molar-refractivity contribution in [2.24, 2.45) is 0 Å². The Kier molecular flexibility index (Phi) is 9.90. The molecule has 0 saturated carbocycles. The fourth-order valence-electron chi connectivity index (χ4n) is 4.25. The van der Waals surface area contributed by atoms with Crippen LogP contribution in [-0.4, -0.2) is 51.4 Å². The van der Waals surface area contributed by atoms with Crippen LogP contribution in [0.3, 0.4) is 0 Å². The van der Waals surface area contributed by atoms with Crippen molar-refractivity contribution in [3.05, 3.63) is 90.0 Å². The number of nitrogens with one attached hydrogen (secondary N) is 1. The molecule has 0 aliphatic rings. The SMILES string of the molecule is CCNC(=O)[C@H](CC)N(Cc1ccccc1C)C(=O)CN(c1ccccc1OC)S(=O)(=O)c1ccccc1. The first-order chi connectivity index (χ1) is 18.2. The van der Waals surface area contributed by atoms with Crippen LogP contribution in [0.5, 0.6) is 5.75 Å². The van der Waals surface area contributed by atoms with E-state index in [4.69, 9.17) is 4.74 Å². The van der Waals surface area contributed by atoms with Gasteiger partial charge in [0.25, 0.3) is 10.0 Å². The lowest BCUT2D eigenvalue weighted by atomic mass is 10.1. The summed E-state index contributed by atoms with van der Waals surface area (Å²) in [5.74, 6) is -0.482. The number of aryl methyl sites for hydroxylation is 1. The van der Waals surface area contributed by atoms with Crippen molar-refractivity contribution < 1.29 is 22.7 Å². The topological polar surface area (TPSA) is 96.0 Å². The van der Waals surface area contributed by atoms with E-state index < -0.39 is 28.5 Å². The highest BCUT2D eigenvalue weighted by Gasteiger charge is 2.34. The summed E-state index contributed by atoms with van der Waals surface area (Å²) in [7, 11) is -2.71. The zero-order valence-corrected chi connectivity index (χ0v) is 23.1. The first kappa shape index (κ1) is 28.7. The average molecular weight is 538 g/mol. The van der Waals surface area contributed by atoms with Crippen molar-refractivity contribution in [3.8, 4) is 5.75 Å². The molecule has 0 bridgehead atoms. The Hall–Kier alpha value is -3.85. The summed E-state index contributed by atoms with van der Waals surface area (Å²) in [6, 6.07) is 21.4. The van der Waals surface area contributed by atoms with Crippen molar-refractivity contribution in [3.63, 3.8) is 0 Å². The van der Waals surface area contributed by atoms with Crippen molar-refractivity contribution in [2.45, 2.75) is 44.7 Å². The van der Waals surface area contributed by atoms with Gasteiger partial charge in [-0.1, -0.05) is 61.5 Å². The van der Waals surface area contributed by atoms with Gasteiger partial charge in [0.1, 0.15) is 18.3 Å². The molecule has 0 heterocycles. The first-order valence-corrected chi connectivity index (χ1v) is 14.0. The molecule has 0 aliphatic heterocycles. The normalized spacial score (nSPS) is 11.9. The second-order valence-corrected chi connectivity index (χ2v) is 10.6. The number of hydrogen-bond donors (Lipinski definition) is 1. The molecule has 3 aromatic carbocycles. The lowest BCUT2D eigenvalue weighted by molar-refractivity contribution is -0.140. The van der Waals surface area contributed by atoms with Crippen LogP contribution in [0.4, 0.5) is 5.69 Å². The predicted octanol–water partition coefficient (Wildman–Crippen LogP) is 4.14. The zero-order valence-electron chi connectivity index (χ0n) is 22.3. The molecule has 2 amide bonds. The molecule has 3 rings (SSSR count). The number of likely N-dealkylation sites (N-methyl/N-ethyl adjacent to an activating group) is 1. The second-order valence-electron chi connectivity index (χ2n) is 8.76. The fourth-order valence-corrected chi connectivity index (χ4v) is 5.70. The summed E-state index contributed by atoms with van der Waals surface area (Å²) in [5, 5.41) is 2.81. The van der Waals surface area contributed by atoms with E-state index in [0.29, 0.717) is 18.7 Å². The van der Waals surface area contributed by atoms with Crippen LogP contribution >= 0.6 is 0 Å². The molecule has 1 N–H and O–H groups in total. The minimum absolute atomic E-state index is 0.0416. The van der Waals surface area contributed by atoms with Gasteiger partial charge in [-0.15, -0.1) is 0 Å². The number of carbonyl (C=O) groups excluding carboxylic acids is 2. The Morgan fingerprint density at radius 2 is 1.55 bits per heavy atom. The van der Waals surface area contributed by atoms with E-state index in [1.165, 1.54) is 24.1 Å². The Labute approximate surface area is 225 Å². The fraction of sp³-hybridized carbons (Fsp3) is 0.310. The number of anilines is 1. The predicted molar refractivity (Wildman–Crippen MR) is 148 cm³/mol. The van der Waals surface area contributed by atoms with Crippen LogP contribution in [0, 0.1) is 6.92 Å². The third-order valence-corrected chi connectivity index (χ3v) is 8.08. The van der Waals surface area contributed by atoms with Gasteiger partial charge < -0.3 is 15.0 Å². The molecular formula is C29H35N3O5S. The summed E-state index contributed by atoms with van der Waals surface area (Å²) in [6.07, 6.45) is 0.365. The van der Waals surface area contributed by atoms with Crippen LogP contribution in [-0.2, 0) is 26.2 Å². The number of amides is 2. The average Bonchev–Trinajstić information content (AvgIpc) is 2.93. The van der Waals surface area contributed by atoms with E-state index in [0.717, 1.165) is 15.4 Å². The number of ether oxygens (including phenoxy) is 1. The molecule has 0 aliphatic carbocycles. The number of hydrogen-bond acceptors (Lipinski definition) is 5. The number of para-hydroxylation sites is 2. The Morgan fingerprint density at radius 3 is 2.18 bits per heavy atom. The summed E-state index contributed by atoms with van der Waals surface area (Å²) < 4.78 is 34.2. The van der Waals surface area contributed by atoms with Gasteiger partial charge in [0, 0.05) is 13.1 Å². The van der Waals surface area contributed by atoms with Gasteiger partial charge >= 0.3 is 0 Å².